The van der Waals surface area contributed by atoms with Crippen LogP contribution in [0.4, 0.5) is 11.4 Å². The molecule has 1 N–H and O–H groups in total. The average Bonchev–Trinajstić information content (AvgIpc) is 2.69. The number of ether oxygens (including phenoxy) is 1. The van der Waals surface area contributed by atoms with Crippen LogP contribution in [0.15, 0.2) is 47.4 Å². The van der Waals surface area contributed by atoms with Crippen LogP contribution in [-0.2, 0) is 14.8 Å². The Kier molecular flexibility index (Phi) is 6.19. The summed E-state index contributed by atoms with van der Waals surface area (Å²) in [6.45, 7) is 2.86. The molecular formula is C18H20ClN3O5S. The zero-order valence-electron chi connectivity index (χ0n) is 15.2. The number of benzene rings is 2. The number of nitrogens with one attached hydrogen (secondary N) is 1. The Hall–Kier alpha value is -2.20. The van der Waals surface area contributed by atoms with Gasteiger partial charge in [-0.3, -0.25) is 10.1 Å². The van der Waals surface area contributed by atoms with Gasteiger partial charge in [-0.25, -0.2) is 8.42 Å². The SMILES string of the molecule is CC(Nc1ccc([N+](=O)[O-])cc1S(=O)(=O)N1CCOCC1)c1ccc(Cl)cc1. The molecule has 0 aliphatic carbocycles. The number of nitro groups is 1. The van der Waals surface area contributed by atoms with E-state index in [1.54, 1.807) is 12.1 Å². The van der Waals surface area contributed by atoms with Crippen molar-refractivity contribution in [1.82, 2.24) is 4.31 Å². The second-order valence-electron chi connectivity index (χ2n) is 6.37. The average molecular weight is 426 g/mol. The minimum absolute atomic E-state index is 0.121. The van der Waals surface area contributed by atoms with Crippen LogP contribution in [-0.4, -0.2) is 43.9 Å². The molecule has 28 heavy (non-hydrogen) atoms. The van der Waals surface area contributed by atoms with E-state index in [0.717, 1.165) is 11.6 Å². The first kappa shape index (κ1) is 20.5. The molecule has 1 unspecified atom stereocenters. The van der Waals surface area contributed by atoms with Gasteiger partial charge in [0.25, 0.3) is 5.69 Å². The van der Waals surface area contributed by atoms with Gasteiger partial charge in [0, 0.05) is 36.3 Å². The molecule has 0 bridgehead atoms. The van der Waals surface area contributed by atoms with Crippen molar-refractivity contribution in [3.8, 4) is 0 Å². The normalized spacial score (nSPS) is 16.5. The molecule has 1 fully saturated rings. The molecule has 2 aromatic carbocycles. The van der Waals surface area contributed by atoms with E-state index in [4.69, 9.17) is 16.3 Å². The van der Waals surface area contributed by atoms with Crippen LogP contribution in [0.2, 0.25) is 5.02 Å². The smallest absolute Gasteiger partial charge is 0.270 e. The highest BCUT2D eigenvalue weighted by atomic mass is 35.5. The van der Waals surface area contributed by atoms with Gasteiger partial charge < -0.3 is 10.1 Å². The lowest BCUT2D eigenvalue weighted by Crippen LogP contribution is -2.40. The molecule has 1 saturated heterocycles. The maximum absolute atomic E-state index is 13.1. The Morgan fingerprint density at radius 1 is 1.18 bits per heavy atom. The van der Waals surface area contributed by atoms with Crippen molar-refractivity contribution in [2.45, 2.75) is 17.9 Å². The number of anilines is 1. The highest BCUT2D eigenvalue weighted by Crippen LogP contribution is 2.32. The lowest BCUT2D eigenvalue weighted by molar-refractivity contribution is -0.385. The van der Waals surface area contributed by atoms with E-state index < -0.39 is 14.9 Å². The summed E-state index contributed by atoms with van der Waals surface area (Å²) >= 11 is 5.92. The molecule has 1 atom stereocenters. The van der Waals surface area contributed by atoms with E-state index in [1.807, 2.05) is 19.1 Å². The van der Waals surface area contributed by atoms with Crippen molar-refractivity contribution in [3.63, 3.8) is 0 Å². The minimum atomic E-state index is -3.92. The molecule has 2 aromatic rings. The second kappa shape index (κ2) is 8.44. The van der Waals surface area contributed by atoms with Gasteiger partial charge in [-0.05, 0) is 30.7 Å². The fourth-order valence-corrected chi connectivity index (χ4v) is 4.66. The molecule has 0 radical (unpaired) electrons. The van der Waals surface area contributed by atoms with Gasteiger partial charge in [-0.15, -0.1) is 0 Å². The number of hydrogen-bond acceptors (Lipinski definition) is 6. The van der Waals surface area contributed by atoms with Gasteiger partial charge in [0.1, 0.15) is 4.90 Å². The van der Waals surface area contributed by atoms with Crippen LogP contribution in [0.25, 0.3) is 0 Å². The summed E-state index contributed by atoms with van der Waals surface area (Å²) in [6.07, 6.45) is 0. The van der Waals surface area contributed by atoms with Crippen LogP contribution in [0.5, 0.6) is 0 Å². The van der Waals surface area contributed by atoms with Gasteiger partial charge >= 0.3 is 0 Å². The van der Waals surface area contributed by atoms with E-state index in [-0.39, 0.29) is 42.9 Å². The van der Waals surface area contributed by atoms with E-state index in [9.17, 15) is 18.5 Å². The highest BCUT2D eigenvalue weighted by molar-refractivity contribution is 7.89. The summed E-state index contributed by atoms with van der Waals surface area (Å²) in [5, 5.41) is 14.9. The van der Waals surface area contributed by atoms with Crippen LogP contribution < -0.4 is 5.32 Å². The highest BCUT2D eigenvalue weighted by Gasteiger charge is 2.30. The van der Waals surface area contributed by atoms with E-state index in [1.165, 1.54) is 16.4 Å². The predicted molar refractivity (Wildman–Crippen MR) is 106 cm³/mol. The van der Waals surface area contributed by atoms with Crippen molar-refractivity contribution in [2.75, 3.05) is 31.6 Å². The van der Waals surface area contributed by atoms with Crippen molar-refractivity contribution in [3.05, 3.63) is 63.2 Å². The molecule has 8 nitrogen and oxygen atoms in total. The molecule has 0 amide bonds. The maximum atomic E-state index is 13.1. The monoisotopic (exact) mass is 425 g/mol. The number of nitro benzene ring substituents is 1. The molecule has 3 rings (SSSR count). The molecule has 1 aliphatic rings. The lowest BCUT2D eigenvalue weighted by atomic mass is 10.1. The van der Waals surface area contributed by atoms with E-state index in [2.05, 4.69) is 5.32 Å². The zero-order valence-corrected chi connectivity index (χ0v) is 16.7. The summed E-state index contributed by atoms with van der Waals surface area (Å²) in [5.41, 5.74) is 0.925. The molecule has 0 aromatic heterocycles. The Morgan fingerprint density at radius 2 is 1.82 bits per heavy atom. The van der Waals surface area contributed by atoms with E-state index >= 15 is 0 Å². The Balaban J connectivity index is 1.98. The summed E-state index contributed by atoms with van der Waals surface area (Å²) < 4.78 is 32.8. The fourth-order valence-electron chi connectivity index (χ4n) is 2.95. The van der Waals surface area contributed by atoms with Crippen LogP contribution >= 0.6 is 11.6 Å². The number of non-ortho nitro benzene ring substituents is 1. The molecule has 1 heterocycles. The second-order valence-corrected chi connectivity index (χ2v) is 8.71. The quantitative estimate of drug-likeness (QED) is 0.561. The number of hydrogen-bond donors (Lipinski definition) is 1. The molecule has 1 aliphatic heterocycles. The number of halogens is 1. The first-order valence-electron chi connectivity index (χ1n) is 8.67. The van der Waals surface area contributed by atoms with Crippen molar-refractivity contribution < 1.29 is 18.1 Å². The van der Waals surface area contributed by atoms with Crippen molar-refractivity contribution in [1.29, 1.82) is 0 Å². The summed E-state index contributed by atoms with van der Waals surface area (Å²) in [4.78, 5) is 10.5. The van der Waals surface area contributed by atoms with Gasteiger partial charge in [-0.2, -0.15) is 4.31 Å². The number of rotatable bonds is 6. The van der Waals surface area contributed by atoms with Crippen LogP contribution in [0.3, 0.4) is 0 Å². The Labute approximate surface area is 168 Å². The Morgan fingerprint density at radius 3 is 2.43 bits per heavy atom. The van der Waals surface area contributed by atoms with E-state index in [0.29, 0.717) is 10.7 Å². The first-order valence-corrected chi connectivity index (χ1v) is 10.5. The fraction of sp³-hybridized carbons (Fsp3) is 0.333. The summed E-state index contributed by atoms with van der Waals surface area (Å²) in [5.74, 6) is 0. The first-order chi connectivity index (χ1) is 13.3. The summed E-state index contributed by atoms with van der Waals surface area (Å²) in [7, 11) is -3.92. The van der Waals surface area contributed by atoms with Crippen LogP contribution in [0.1, 0.15) is 18.5 Å². The minimum Gasteiger partial charge on any atom is -0.379 e. The van der Waals surface area contributed by atoms with Gasteiger partial charge in [0.05, 0.1) is 23.8 Å². The van der Waals surface area contributed by atoms with Gasteiger partial charge in [0.2, 0.25) is 10.0 Å². The standard InChI is InChI=1S/C18H20ClN3O5S/c1-13(14-2-4-15(19)5-3-14)20-17-7-6-16(22(23)24)12-18(17)28(25,26)21-8-10-27-11-9-21/h2-7,12-13,20H,8-11H2,1H3. The topological polar surface area (TPSA) is 102 Å². The molecule has 10 heteroatoms. The molecule has 150 valence electrons. The summed E-state index contributed by atoms with van der Waals surface area (Å²) in [6, 6.07) is 10.7. The number of sulfonamides is 1. The molecule has 0 saturated carbocycles. The lowest BCUT2D eigenvalue weighted by Gasteiger charge is -2.27. The Bertz CT molecular complexity index is 960. The van der Waals surface area contributed by atoms with Gasteiger partial charge in [0.15, 0.2) is 0 Å². The zero-order chi connectivity index (χ0) is 20.3. The number of morpholine rings is 1. The third kappa shape index (κ3) is 4.44. The van der Waals surface area contributed by atoms with Gasteiger partial charge in [-0.1, -0.05) is 23.7 Å². The third-order valence-corrected chi connectivity index (χ3v) is 6.70. The maximum Gasteiger partial charge on any atom is 0.270 e. The largest absolute Gasteiger partial charge is 0.379 e. The van der Waals surface area contributed by atoms with Crippen molar-refractivity contribution >= 4 is 33.0 Å². The predicted octanol–water partition coefficient (Wildman–Crippen LogP) is 3.44. The third-order valence-electron chi connectivity index (χ3n) is 4.51. The number of nitrogens with zero attached hydrogens (tertiary/aromatic N) is 2. The molecule has 0 spiro atoms. The molecular weight excluding hydrogens is 406 g/mol. The van der Waals surface area contributed by atoms with Crippen LogP contribution in [0, 0.1) is 10.1 Å². The van der Waals surface area contributed by atoms with Crippen molar-refractivity contribution in [2.24, 2.45) is 0 Å².